The summed E-state index contributed by atoms with van der Waals surface area (Å²) >= 11 is 0.781. The molecule has 146 valence electrons. The molecule has 0 atom stereocenters. The van der Waals surface area contributed by atoms with Crippen LogP contribution < -0.4 is 9.80 Å². The van der Waals surface area contributed by atoms with Crippen LogP contribution in [0.4, 0.5) is 38.2 Å². The van der Waals surface area contributed by atoms with E-state index >= 15 is 0 Å². The lowest BCUT2D eigenvalue weighted by atomic mass is 10.3. The monoisotopic (exact) mass is 405 g/mol. The third-order valence-electron chi connectivity index (χ3n) is 2.81. The molecule has 0 unspecified atom stereocenters. The standard InChI is InChI=1S/C12H13F6N5O2S/c1-5(2)23(7(25)12(16,17)18)9-19-8(20-10(21-9)26-4)22(3)6(24)11(13,14)15/h5H,1-4H3. The minimum absolute atomic E-state index is 0.0153. The van der Waals surface area contributed by atoms with Crippen molar-refractivity contribution in [2.24, 2.45) is 0 Å². The Morgan fingerprint density at radius 1 is 0.923 bits per heavy atom. The first-order valence-corrected chi connectivity index (χ1v) is 7.98. The fourth-order valence-electron chi connectivity index (χ4n) is 1.66. The van der Waals surface area contributed by atoms with Crippen LogP contribution in [0.2, 0.25) is 0 Å². The van der Waals surface area contributed by atoms with E-state index in [2.05, 4.69) is 15.0 Å². The first-order chi connectivity index (χ1) is 11.7. The zero-order valence-electron chi connectivity index (χ0n) is 13.8. The first kappa shape index (κ1) is 21.9. The van der Waals surface area contributed by atoms with Crippen LogP contribution in [0.5, 0.6) is 0 Å². The van der Waals surface area contributed by atoms with Gasteiger partial charge in [-0.05, 0) is 20.1 Å². The number of aromatic nitrogens is 3. The van der Waals surface area contributed by atoms with E-state index in [1.54, 1.807) is 0 Å². The van der Waals surface area contributed by atoms with Crippen molar-refractivity contribution in [2.75, 3.05) is 23.1 Å². The summed E-state index contributed by atoms with van der Waals surface area (Å²) in [6.07, 6.45) is -9.11. The maximum Gasteiger partial charge on any atom is 0.471 e. The molecule has 0 N–H and O–H groups in total. The normalized spacial score (nSPS) is 12.3. The van der Waals surface area contributed by atoms with Gasteiger partial charge in [0.05, 0.1) is 0 Å². The number of halogens is 6. The average molecular weight is 405 g/mol. The molecular weight excluding hydrogens is 392 g/mol. The quantitative estimate of drug-likeness (QED) is 0.566. The van der Waals surface area contributed by atoms with Crippen LogP contribution in [0.1, 0.15) is 13.8 Å². The number of rotatable bonds is 4. The number of anilines is 2. The van der Waals surface area contributed by atoms with Crippen molar-refractivity contribution in [1.29, 1.82) is 0 Å². The Morgan fingerprint density at radius 3 is 1.77 bits per heavy atom. The predicted octanol–water partition coefficient (Wildman–Crippen LogP) is 2.42. The zero-order valence-corrected chi connectivity index (χ0v) is 14.6. The van der Waals surface area contributed by atoms with Gasteiger partial charge in [-0.3, -0.25) is 19.4 Å². The number of thioether (sulfide) groups is 1. The Balaban J connectivity index is 3.48. The summed E-state index contributed by atoms with van der Waals surface area (Å²) in [5.74, 6) is -6.30. The molecule has 0 aliphatic carbocycles. The van der Waals surface area contributed by atoms with E-state index in [-0.39, 0.29) is 15.0 Å². The van der Waals surface area contributed by atoms with Crippen LogP contribution in [0.3, 0.4) is 0 Å². The van der Waals surface area contributed by atoms with Gasteiger partial charge in [0.2, 0.25) is 11.9 Å². The van der Waals surface area contributed by atoms with Crippen LogP contribution in [0.15, 0.2) is 5.16 Å². The number of alkyl halides is 6. The summed E-state index contributed by atoms with van der Waals surface area (Å²) in [6, 6.07) is -1.07. The molecule has 0 spiro atoms. The summed E-state index contributed by atoms with van der Waals surface area (Å²) in [7, 11) is 0.699. The topological polar surface area (TPSA) is 79.3 Å². The molecule has 1 aromatic rings. The largest absolute Gasteiger partial charge is 0.471 e. The zero-order chi connectivity index (χ0) is 20.4. The van der Waals surface area contributed by atoms with E-state index in [0.717, 1.165) is 11.8 Å². The molecule has 7 nitrogen and oxygen atoms in total. The second-order valence-electron chi connectivity index (χ2n) is 5.05. The van der Waals surface area contributed by atoms with E-state index < -0.39 is 42.1 Å². The molecule has 14 heteroatoms. The van der Waals surface area contributed by atoms with Gasteiger partial charge < -0.3 is 0 Å². The molecule has 0 fully saturated rings. The van der Waals surface area contributed by atoms with Crippen LogP contribution in [-0.4, -0.2) is 58.5 Å². The molecule has 0 bridgehead atoms. The van der Waals surface area contributed by atoms with Crippen molar-refractivity contribution >= 4 is 35.5 Å². The Labute approximate surface area is 147 Å². The van der Waals surface area contributed by atoms with E-state index in [9.17, 15) is 35.9 Å². The van der Waals surface area contributed by atoms with Gasteiger partial charge in [-0.1, -0.05) is 11.8 Å². The lowest BCUT2D eigenvalue weighted by molar-refractivity contribution is -0.171. The van der Waals surface area contributed by atoms with Crippen LogP contribution in [0, 0.1) is 0 Å². The van der Waals surface area contributed by atoms with Gasteiger partial charge in [0.1, 0.15) is 0 Å². The number of hydrogen-bond acceptors (Lipinski definition) is 6. The van der Waals surface area contributed by atoms with Gasteiger partial charge >= 0.3 is 24.2 Å². The molecule has 1 rings (SSSR count). The highest BCUT2D eigenvalue weighted by molar-refractivity contribution is 7.98. The van der Waals surface area contributed by atoms with Crippen LogP contribution in [0.25, 0.3) is 0 Å². The molecule has 1 aromatic heterocycles. The van der Waals surface area contributed by atoms with Gasteiger partial charge in [-0.25, -0.2) is 0 Å². The van der Waals surface area contributed by atoms with E-state index in [1.165, 1.54) is 20.1 Å². The molecular formula is C12H13F6N5O2S. The maximum atomic E-state index is 12.8. The van der Waals surface area contributed by atoms with Crippen molar-refractivity contribution in [1.82, 2.24) is 15.0 Å². The number of nitrogens with zero attached hydrogens (tertiary/aromatic N) is 5. The van der Waals surface area contributed by atoms with Gasteiger partial charge in [0, 0.05) is 13.1 Å². The molecule has 26 heavy (non-hydrogen) atoms. The van der Waals surface area contributed by atoms with Crippen LogP contribution >= 0.6 is 11.8 Å². The highest BCUT2D eigenvalue weighted by Crippen LogP contribution is 2.27. The minimum atomic E-state index is -5.26. The van der Waals surface area contributed by atoms with Crippen molar-refractivity contribution < 1.29 is 35.9 Å². The van der Waals surface area contributed by atoms with Crippen LogP contribution in [-0.2, 0) is 9.59 Å². The summed E-state index contributed by atoms with van der Waals surface area (Å²) in [6.45, 7) is 2.47. The smallest absolute Gasteiger partial charge is 0.276 e. The second kappa shape index (κ2) is 7.63. The first-order valence-electron chi connectivity index (χ1n) is 6.75. The fourth-order valence-corrected chi connectivity index (χ4v) is 2.00. The molecule has 0 aliphatic heterocycles. The maximum absolute atomic E-state index is 12.8. The van der Waals surface area contributed by atoms with Crippen molar-refractivity contribution in [3.8, 4) is 0 Å². The average Bonchev–Trinajstić information content (AvgIpc) is 2.51. The van der Waals surface area contributed by atoms with Crippen molar-refractivity contribution in [3.05, 3.63) is 0 Å². The third-order valence-corrected chi connectivity index (χ3v) is 3.36. The number of carbonyl (C=O) groups excluding carboxylic acids is 2. The third kappa shape index (κ3) is 4.95. The number of amides is 2. The molecule has 0 saturated carbocycles. The van der Waals surface area contributed by atoms with E-state index in [1.807, 2.05) is 0 Å². The predicted molar refractivity (Wildman–Crippen MR) is 79.8 cm³/mol. The van der Waals surface area contributed by atoms with Gasteiger partial charge in [-0.15, -0.1) is 0 Å². The lowest BCUT2D eigenvalue weighted by Gasteiger charge is -2.26. The van der Waals surface area contributed by atoms with Crippen molar-refractivity contribution in [2.45, 2.75) is 37.4 Å². The van der Waals surface area contributed by atoms with E-state index in [0.29, 0.717) is 7.05 Å². The summed E-state index contributed by atoms with van der Waals surface area (Å²) < 4.78 is 76.0. The second-order valence-corrected chi connectivity index (χ2v) is 5.82. The molecule has 0 aliphatic rings. The summed E-state index contributed by atoms with van der Waals surface area (Å²) in [4.78, 5) is 33.8. The summed E-state index contributed by atoms with van der Waals surface area (Å²) in [5.41, 5.74) is 0. The highest BCUT2D eigenvalue weighted by Gasteiger charge is 2.46. The van der Waals surface area contributed by atoms with Crippen molar-refractivity contribution in [3.63, 3.8) is 0 Å². The minimum Gasteiger partial charge on any atom is -0.276 e. The molecule has 1 heterocycles. The highest BCUT2D eigenvalue weighted by atomic mass is 32.2. The Kier molecular flexibility index (Phi) is 6.44. The Hall–Kier alpha value is -2.12. The Bertz CT molecular complexity index is 694. The lowest BCUT2D eigenvalue weighted by Crippen LogP contribution is -2.46. The van der Waals surface area contributed by atoms with Gasteiger partial charge in [0.15, 0.2) is 5.16 Å². The molecule has 2 amide bonds. The number of hydrogen-bond donors (Lipinski definition) is 0. The van der Waals surface area contributed by atoms with E-state index in [4.69, 9.17) is 0 Å². The molecule has 0 radical (unpaired) electrons. The molecule has 0 aromatic carbocycles. The fraction of sp³-hybridized carbons (Fsp3) is 0.583. The van der Waals surface area contributed by atoms with Gasteiger partial charge in [-0.2, -0.15) is 41.3 Å². The Morgan fingerprint density at radius 2 is 1.38 bits per heavy atom. The molecule has 0 saturated heterocycles. The SMILES string of the molecule is CSc1nc(N(C)C(=O)C(F)(F)F)nc(N(C(=O)C(F)(F)F)C(C)C)n1. The summed E-state index contributed by atoms with van der Waals surface area (Å²) in [5, 5.41) is -0.271. The number of carbonyl (C=O) groups is 2. The van der Waals surface area contributed by atoms with Gasteiger partial charge in [0.25, 0.3) is 0 Å².